The van der Waals surface area contributed by atoms with Crippen molar-refractivity contribution >= 4 is 23.8 Å². The van der Waals surface area contributed by atoms with Crippen LogP contribution in [0, 0.1) is 5.92 Å². The summed E-state index contributed by atoms with van der Waals surface area (Å²) < 4.78 is 7.41. The summed E-state index contributed by atoms with van der Waals surface area (Å²) in [6.45, 7) is 3.31. The molecule has 0 saturated carbocycles. The first kappa shape index (κ1) is 22.6. The van der Waals surface area contributed by atoms with Gasteiger partial charge in [-0.15, -0.1) is 0 Å². The Kier molecular flexibility index (Phi) is 7.34. The molecule has 0 bridgehead atoms. The molecule has 0 aromatic heterocycles. The molecule has 2 fully saturated rings. The van der Waals surface area contributed by atoms with Gasteiger partial charge >= 0.3 is 0 Å². The first-order valence-electron chi connectivity index (χ1n) is 10.9. The van der Waals surface area contributed by atoms with Gasteiger partial charge in [0.2, 0.25) is 5.91 Å². The number of piperidine rings is 1. The van der Waals surface area contributed by atoms with Crippen LogP contribution in [0.4, 0.5) is 0 Å². The molecule has 3 unspecified atom stereocenters. The summed E-state index contributed by atoms with van der Waals surface area (Å²) in [4.78, 5) is 33.5. The molecule has 2 aromatic carbocycles. The fraction of sp³-hybridized carbons (Fsp3) is 0.417. The Labute approximate surface area is 193 Å². The largest absolute Gasteiger partial charge is 0.497 e. The lowest BCUT2D eigenvalue weighted by Gasteiger charge is -2.38. The van der Waals surface area contributed by atoms with Gasteiger partial charge in [-0.2, -0.15) is 0 Å². The SMILES string of the molecule is COc1ccc(SN2C(C(=O)NOCc3ccccc3)CC3CCN(C(C)=O)CC32)cc1. The van der Waals surface area contributed by atoms with E-state index in [2.05, 4.69) is 9.79 Å². The van der Waals surface area contributed by atoms with Crippen LogP contribution in [0.3, 0.4) is 0 Å². The molecule has 2 aliphatic heterocycles. The van der Waals surface area contributed by atoms with E-state index >= 15 is 0 Å². The standard InChI is InChI=1S/C24H29N3O4S/c1-17(28)26-13-12-19-14-22(24(29)25-31-16-18-6-4-3-5-7-18)27(23(19)15-26)32-21-10-8-20(30-2)9-11-21/h3-11,19,22-23H,12-16H2,1-2H3,(H,25,29). The molecule has 3 atom stereocenters. The molecular weight excluding hydrogens is 426 g/mol. The Hall–Kier alpha value is -2.55. The number of carbonyl (C=O) groups is 2. The summed E-state index contributed by atoms with van der Waals surface area (Å²) >= 11 is 1.56. The molecule has 170 valence electrons. The number of rotatable bonds is 7. The van der Waals surface area contributed by atoms with Crippen molar-refractivity contribution in [2.24, 2.45) is 5.92 Å². The van der Waals surface area contributed by atoms with E-state index in [0.29, 0.717) is 19.1 Å². The average molecular weight is 456 g/mol. The highest BCUT2D eigenvalue weighted by Gasteiger charge is 2.47. The molecule has 2 aromatic rings. The molecule has 2 amide bonds. The number of nitrogens with zero attached hydrogens (tertiary/aromatic N) is 2. The molecule has 32 heavy (non-hydrogen) atoms. The Bertz CT molecular complexity index is 925. The van der Waals surface area contributed by atoms with Gasteiger partial charge in [0, 0.05) is 31.0 Å². The predicted molar refractivity (Wildman–Crippen MR) is 123 cm³/mol. The lowest BCUT2D eigenvalue weighted by Crippen LogP contribution is -2.50. The minimum Gasteiger partial charge on any atom is -0.497 e. The average Bonchev–Trinajstić information content (AvgIpc) is 3.18. The van der Waals surface area contributed by atoms with Crippen LogP contribution in [0.1, 0.15) is 25.3 Å². The molecule has 2 heterocycles. The van der Waals surface area contributed by atoms with E-state index in [1.807, 2.05) is 59.5 Å². The quantitative estimate of drug-likeness (QED) is 0.511. The third-order valence-corrected chi connectivity index (χ3v) is 7.37. The van der Waals surface area contributed by atoms with Crippen LogP contribution < -0.4 is 10.2 Å². The van der Waals surface area contributed by atoms with Gasteiger partial charge in [0.25, 0.3) is 5.91 Å². The van der Waals surface area contributed by atoms with Gasteiger partial charge in [-0.3, -0.25) is 14.4 Å². The zero-order chi connectivity index (χ0) is 22.5. The number of amides is 2. The highest BCUT2D eigenvalue weighted by Crippen LogP contribution is 2.42. The summed E-state index contributed by atoms with van der Waals surface area (Å²) in [5.74, 6) is 1.08. The van der Waals surface area contributed by atoms with Crippen molar-refractivity contribution < 1.29 is 19.2 Å². The second-order valence-corrected chi connectivity index (χ2v) is 9.28. The summed E-state index contributed by atoms with van der Waals surface area (Å²) in [5.41, 5.74) is 3.65. The lowest BCUT2D eigenvalue weighted by atomic mass is 9.91. The molecule has 7 nitrogen and oxygen atoms in total. The maximum absolute atomic E-state index is 13.1. The molecule has 2 saturated heterocycles. The second kappa shape index (κ2) is 10.4. The van der Waals surface area contributed by atoms with Crippen LogP contribution in [0.5, 0.6) is 5.75 Å². The maximum atomic E-state index is 13.1. The Morgan fingerprint density at radius 3 is 2.56 bits per heavy atom. The molecule has 4 rings (SSSR count). The van der Waals surface area contributed by atoms with Crippen molar-refractivity contribution in [1.82, 2.24) is 14.7 Å². The molecule has 0 spiro atoms. The van der Waals surface area contributed by atoms with E-state index < -0.39 is 0 Å². The number of hydrogen-bond donors (Lipinski definition) is 1. The van der Waals surface area contributed by atoms with E-state index in [1.54, 1.807) is 26.0 Å². The van der Waals surface area contributed by atoms with Crippen molar-refractivity contribution in [3.05, 3.63) is 60.2 Å². The topological polar surface area (TPSA) is 71.1 Å². The number of fused-ring (bicyclic) bond motifs is 1. The molecule has 1 N–H and O–H groups in total. The van der Waals surface area contributed by atoms with Crippen LogP contribution in [-0.2, 0) is 21.0 Å². The predicted octanol–water partition coefficient (Wildman–Crippen LogP) is 3.26. The van der Waals surface area contributed by atoms with Gasteiger partial charge in [-0.25, -0.2) is 9.79 Å². The van der Waals surface area contributed by atoms with Gasteiger partial charge < -0.3 is 9.64 Å². The van der Waals surface area contributed by atoms with Crippen molar-refractivity contribution in [1.29, 1.82) is 0 Å². The van der Waals surface area contributed by atoms with E-state index in [1.165, 1.54) is 0 Å². The van der Waals surface area contributed by atoms with Gasteiger partial charge in [0.1, 0.15) is 11.8 Å². The van der Waals surface area contributed by atoms with Crippen molar-refractivity contribution in [2.45, 2.75) is 43.4 Å². The molecule has 2 aliphatic rings. The first-order chi connectivity index (χ1) is 15.5. The van der Waals surface area contributed by atoms with Crippen molar-refractivity contribution in [2.75, 3.05) is 20.2 Å². The van der Waals surface area contributed by atoms with Crippen LogP contribution in [0.2, 0.25) is 0 Å². The van der Waals surface area contributed by atoms with E-state index in [9.17, 15) is 9.59 Å². The van der Waals surface area contributed by atoms with Gasteiger partial charge in [-0.05, 0) is 60.5 Å². The Morgan fingerprint density at radius 1 is 1.12 bits per heavy atom. The molecular formula is C24H29N3O4S. The van der Waals surface area contributed by atoms with Crippen LogP contribution >= 0.6 is 11.9 Å². The number of ether oxygens (including phenoxy) is 1. The molecule has 0 aliphatic carbocycles. The number of likely N-dealkylation sites (tertiary alicyclic amines) is 1. The zero-order valence-electron chi connectivity index (χ0n) is 18.4. The number of hydrogen-bond acceptors (Lipinski definition) is 6. The number of hydroxylamine groups is 1. The number of carbonyl (C=O) groups excluding carboxylic acids is 2. The summed E-state index contributed by atoms with van der Waals surface area (Å²) in [7, 11) is 1.64. The first-order valence-corrected chi connectivity index (χ1v) is 11.6. The highest BCUT2D eigenvalue weighted by molar-refractivity contribution is 7.97. The fourth-order valence-corrected chi connectivity index (χ4v) is 5.58. The van der Waals surface area contributed by atoms with Crippen molar-refractivity contribution in [3.8, 4) is 5.75 Å². The Morgan fingerprint density at radius 2 is 1.88 bits per heavy atom. The zero-order valence-corrected chi connectivity index (χ0v) is 19.2. The van der Waals surface area contributed by atoms with E-state index in [0.717, 1.165) is 35.6 Å². The third kappa shape index (κ3) is 5.26. The van der Waals surface area contributed by atoms with E-state index in [-0.39, 0.29) is 23.9 Å². The number of nitrogens with one attached hydrogen (secondary N) is 1. The third-order valence-electron chi connectivity index (χ3n) is 6.15. The number of benzene rings is 2. The summed E-state index contributed by atoms with van der Waals surface area (Å²) in [6.07, 6.45) is 1.65. The van der Waals surface area contributed by atoms with Crippen LogP contribution in [0.25, 0.3) is 0 Å². The lowest BCUT2D eigenvalue weighted by molar-refractivity contribution is -0.138. The smallest absolute Gasteiger partial charge is 0.261 e. The summed E-state index contributed by atoms with van der Waals surface area (Å²) in [5, 5.41) is 0. The van der Waals surface area contributed by atoms with E-state index in [4.69, 9.17) is 9.57 Å². The van der Waals surface area contributed by atoms with Gasteiger partial charge in [0.15, 0.2) is 0 Å². The minimum absolute atomic E-state index is 0.0805. The number of methoxy groups -OCH3 is 1. The Balaban J connectivity index is 1.46. The summed E-state index contributed by atoms with van der Waals surface area (Å²) in [6, 6.07) is 17.3. The van der Waals surface area contributed by atoms with Crippen LogP contribution in [0.15, 0.2) is 59.5 Å². The monoisotopic (exact) mass is 455 g/mol. The highest BCUT2D eigenvalue weighted by atomic mass is 32.2. The molecule has 0 radical (unpaired) electrons. The van der Waals surface area contributed by atoms with Gasteiger partial charge in [0.05, 0.1) is 13.7 Å². The normalized spacial score (nSPS) is 22.9. The molecule has 8 heteroatoms. The minimum atomic E-state index is -0.334. The van der Waals surface area contributed by atoms with Crippen LogP contribution in [-0.4, -0.2) is 53.3 Å². The van der Waals surface area contributed by atoms with Crippen molar-refractivity contribution in [3.63, 3.8) is 0 Å². The second-order valence-electron chi connectivity index (χ2n) is 8.20. The maximum Gasteiger partial charge on any atom is 0.261 e. The fourth-order valence-electron chi connectivity index (χ4n) is 4.40. The van der Waals surface area contributed by atoms with Gasteiger partial charge in [-0.1, -0.05) is 30.3 Å².